The molecule has 1 heterocycles. The first-order valence-corrected chi connectivity index (χ1v) is 8.22. The van der Waals surface area contributed by atoms with E-state index in [0.29, 0.717) is 0 Å². The summed E-state index contributed by atoms with van der Waals surface area (Å²) in [4.78, 5) is 25.0. The number of dihydropyridines is 1. The van der Waals surface area contributed by atoms with Crippen LogP contribution in [0.3, 0.4) is 0 Å². The molecular weight excluding hydrogens is 363 g/mol. The zero-order valence-corrected chi connectivity index (χ0v) is 15.4. The van der Waals surface area contributed by atoms with Crippen molar-refractivity contribution >= 4 is 11.9 Å². The molecule has 1 N–H and O–H groups in total. The molecule has 2 rings (SSSR count). The first-order chi connectivity index (χ1) is 12.7. The summed E-state index contributed by atoms with van der Waals surface area (Å²) in [6.45, 7) is 3.52. The van der Waals surface area contributed by atoms with E-state index >= 15 is 0 Å². The van der Waals surface area contributed by atoms with Crippen molar-refractivity contribution < 1.29 is 32.2 Å². The predicted molar refractivity (Wildman–Crippen MR) is 91.2 cm³/mol. The molecule has 0 aromatic heterocycles. The second kappa shape index (κ2) is 8.28. The second-order valence-electron chi connectivity index (χ2n) is 6.20. The molecule has 27 heavy (non-hydrogen) atoms. The smallest absolute Gasteiger partial charge is 0.337 e. The molecule has 0 aliphatic carbocycles. The van der Waals surface area contributed by atoms with Crippen LogP contribution >= 0.6 is 0 Å². The third kappa shape index (κ3) is 3.99. The minimum Gasteiger partial charge on any atom is -0.466 e. The fourth-order valence-corrected chi connectivity index (χ4v) is 2.98. The first-order valence-electron chi connectivity index (χ1n) is 8.22. The summed E-state index contributed by atoms with van der Waals surface area (Å²) in [5, 5.41) is 2.61. The maximum atomic E-state index is 14.5. The summed E-state index contributed by atoms with van der Waals surface area (Å²) >= 11 is 0. The summed E-state index contributed by atoms with van der Waals surface area (Å²) in [5.41, 5.74) is -1.22. The summed E-state index contributed by atoms with van der Waals surface area (Å²) in [5.74, 6) is -5.36. The molecule has 1 aromatic rings. The van der Waals surface area contributed by atoms with Gasteiger partial charge in [-0.05, 0) is 32.9 Å². The van der Waals surface area contributed by atoms with Crippen LogP contribution in [0.5, 0.6) is 0 Å². The Morgan fingerprint density at radius 2 is 1.74 bits per heavy atom. The number of methoxy groups -OCH3 is 1. The number of halogens is 3. The Morgan fingerprint density at radius 3 is 2.22 bits per heavy atom. The van der Waals surface area contributed by atoms with Gasteiger partial charge in [-0.2, -0.15) is 0 Å². The SMILES string of the molecule is COC(=O)C1=C(CF)NC(C)=C(C(=O)OC(C)C)C1c1c(F)cccc1F. The van der Waals surface area contributed by atoms with Gasteiger partial charge < -0.3 is 14.8 Å². The quantitative estimate of drug-likeness (QED) is 0.791. The topological polar surface area (TPSA) is 64.6 Å². The highest BCUT2D eigenvalue weighted by molar-refractivity contribution is 6.00. The van der Waals surface area contributed by atoms with E-state index in [-0.39, 0.29) is 22.5 Å². The third-order valence-corrected chi connectivity index (χ3v) is 4.03. The molecule has 0 saturated carbocycles. The molecule has 1 aliphatic heterocycles. The summed E-state index contributed by atoms with van der Waals surface area (Å²) in [6.07, 6.45) is -0.517. The Hall–Kier alpha value is -2.77. The standard InChI is InChI=1S/C19H20F3NO4/c1-9(2)27-19(25)14-10(3)23-13(8-20)16(18(24)26-4)17(14)15-11(21)6-5-7-12(15)22/h5-7,9,17,23H,8H2,1-4H3. The van der Waals surface area contributed by atoms with Crippen molar-refractivity contribution in [3.05, 3.63) is 57.9 Å². The normalized spacial score (nSPS) is 17.1. The third-order valence-electron chi connectivity index (χ3n) is 4.03. The van der Waals surface area contributed by atoms with Crippen molar-refractivity contribution in [1.82, 2.24) is 5.32 Å². The lowest BCUT2D eigenvalue weighted by Gasteiger charge is -2.31. The van der Waals surface area contributed by atoms with Gasteiger partial charge in [0.15, 0.2) is 0 Å². The number of esters is 2. The second-order valence-corrected chi connectivity index (χ2v) is 6.20. The van der Waals surface area contributed by atoms with E-state index in [9.17, 15) is 22.8 Å². The highest BCUT2D eigenvalue weighted by Crippen LogP contribution is 2.41. The largest absolute Gasteiger partial charge is 0.466 e. The molecule has 8 heteroatoms. The highest BCUT2D eigenvalue weighted by Gasteiger charge is 2.41. The zero-order chi connectivity index (χ0) is 20.3. The molecule has 0 radical (unpaired) electrons. The number of carbonyl (C=O) groups is 2. The molecule has 5 nitrogen and oxygen atoms in total. The fourth-order valence-electron chi connectivity index (χ4n) is 2.98. The number of ether oxygens (including phenoxy) is 2. The van der Waals surface area contributed by atoms with Crippen molar-refractivity contribution in [2.45, 2.75) is 32.8 Å². The van der Waals surface area contributed by atoms with Crippen LogP contribution in [0.25, 0.3) is 0 Å². The minimum absolute atomic E-state index is 0.133. The van der Waals surface area contributed by atoms with Gasteiger partial charge in [-0.25, -0.2) is 22.8 Å². The van der Waals surface area contributed by atoms with Crippen LogP contribution in [-0.4, -0.2) is 31.8 Å². The average molecular weight is 383 g/mol. The van der Waals surface area contributed by atoms with Crippen molar-refractivity contribution in [2.24, 2.45) is 0 Å². The van der Waals surface area contributed by atoms with E-state index in [1.54, 1.807) is 13.8 Å². The van der Waals surface area contributed by atoms with E-state index in [2.05, 4.69) is 10.1 Å². The summed E-state index contributed by atoms with van der Waals surface area (Å²) < 4.78 is 52.5. The molecular formula is C19H20F3NO4. The van der Waals surface area contributed by atoms with Gasteiger partial charge in [0.2, 0.25) is 0 Å². The van der Waals surface area contributed by atoms with Crippen molar-refractivity contribution in [3.63, 3.8) is 0 Å². The highest BCUT2D eigenvalue weighted by atomic mass is 19.1. The average Bonchev–Trinajstić information content (AvgIpc) is 2.59. The molecule has 1 atom stereocenters. The maximum Gasteiger partial charge on any atom is 0.337 e. The Labute approximate surface area is 154 Å². The van der Waals surface area contributed by atoms with Crippen molar-refractivity contribution in [2.75, 3.05) is 13.8 Å². The van der Waals surface area contributed by atoms with Gasteiger partial charge in [0, 0.05) is 11.3 Å². The van der Waals surface area contributed by atoms with Gasteiger partial charge in [0.1, 0.15) is 18.3 Å². The van der Waals surface area contributed by atoms with Gasteiger partial charge in [0.05, 0.1) is 36.0 Å². The summed E-state index contributed by atoms with van der Waals surface area (Å²) in [6, 6.07) is 3.13. The van der Waals surface area contributed by atoms with Crippen molar-refractivity contribution in [3.8, 4) is 0 Å². The van der Waals surface area contributed by atoms with Crippen LogP contribution in [0, 0.1) is 11.6 Å². The Morgan fingerprint density at radius 1 is 1.15 bits per heavy atom. The van der Waals surface area contributed by atoms with Gasteiger partial charge in [-0.15, -0.1) is 0 Å². The number of hydrogen-bond acceptors (Lipinski definition) is 5. The van der Waals surface area contributed by atoms with E-state index in [1.165, 1.54) is 6.92 Å². The Bertz CT molecular complexity index is 810. The van der Waals surface area contributed by atoms with E-state index < -0.39 is 47.8 Å². The number of nitrogens with one attached hydrogen (secondary N) is 1. The van der Waals surface area contributed by atoms with E-state index in [0.717, 1.165) is 25.3 Å². The molecule has 0 spiro atoms. The Kier molecular flexibility index (Phi) is 6.30. The van der Waals surface area contributed by atoms with Gasteiger partial charge >= 0.3 is 11.9 Å². The number of allylic oxidation sites excluding steroid dienone is 2. The zero-order valence-electron chi connectivity index (χ0n) is 15.4. The number of alkyl halides is 1. The van der Waals surface area contributed by atoms with E-state index in [1.807, 2.05) is 0 Å². The van der Waals surface area contributed by atoms with Crippen LogP contribution in [0.15, 0.2) is 40.7 Å². The molecule has 0 fully saturated rings. The van der Waals surface area contributed by atoms with Crippen molar-refractivity contribution in [1.29, 1.82) is 0 Å². The van der Waals surface area contributed by atoms with Crippen LogP contribution in [-0.2, 0) is 19.1 Å². The molecule has 1 aromatic carbocycles. The fraction of sp³-hybridized carbons (Fsp3) is 0.368. The van der Waals surface area contributed by atoms with Crippen LogP contribution in [0.4, 0.5) is 13.2 Å². The monoisotopic (exact) mass is 383 g/mol. The molecule has 0 bridgehead atoms. The lowest BCUT2D eigenvalue weighted by Crippen LogP contribution is -2.35. The van der Waals surface area contributed by atoms with Gasteiger partial charge in [-0.1, -0.05) is 6.07 Å². The van der Waals surface area contributed by atoms with Crippen LogP contribution in [0.2, 0.25) is 0 Å². The summed E-state index contributed by atoms with van der Waals surface area (Å²) in [7, 11) is 1.05. The number of benzene rings is 1. The predicted octanol–water partition coefficient (Wildman–Crippen LogP) is 3.27. The number of hydrogen-bond donors (Lipinski definition) is 1. The maximum absolute atomic E-state index is 14.5. The molecule has 0 amide bonds. The molecule has 1 unspecified atom stereocenters. The number of rotatable bonds is 5. The Balaban J connectivity index is 2.79. The number of carbonyl (C=O) groups excluding carboxylic acids is 2. The molecule has 1 aliphatic rings. The van der Waals surface area contributed by atoms with Gasteiger partial charge in [-0.3, -0.25) is 0 Å². The first kappa shape index (κ1) is 20.5. The lowest BCUT2D eigenvalue weighted by atomic mass is 9.79. The minimum atomic E-state index is -1.52. The van der Waals surface area contributed by atoms with E-state index in [4.69, 9.17) is 4.74 Å². The van der Waals surface area contributed by atoms with Crippen LogP contribution in [0.1, 0.15) is 32.3 Å². The molecule has 146 valence electrons. The lowest BCUT2D eigenvalue weighted by molar-refractivity contribution is -0.143. The van der Waals surface area contributed by atoms with Crippen LogP contribution < -0.4 is 5.32 Å². The van der Waals surface area contributed by atoms with Gasteiger partial charge in [0.25, 0.3) is 0 Å². The molecule has 0 saturated heterocycles.